The molecule has 4 N–H and O–H groups in total. The van der Waals surface area contributed by atoms with Gasteiger partial charge >= 0.3 is 5.97 Å². The molecule has 14 heteroatoms. The second kappa shape index (κ2) is 9.98. The average Bonchev–Trinajstić information content (AvgIpc) is 3.20. The van der Waals surface area contributed by atoms with Crippen LogP contribution in [0.15, 0.2) is 29.3 Å². The fourth-order valence-electron chi connectivity index (χ4n) is 3.58. The topological polar surface area (TPSA) is 180 Å². The molecule has 34 heavy (non-hydrogen) atoms. The van der Waals surface area contributed by atoms with Crippen LogP contribution in [0.4, 0.5) is 21.8 Å². The van der Waals surface area contributed by atoms with Crippen molar-refractivity contribution in [1.82, 2.24) is 14.9 Å². The lowest BCUT2D eigenvalue weighted by Gasteiger charge is -2.21. The number of ether oxygens (including phenoxy) is 1. The van der Waals surface area contributed by atoms with Crippen LogP contribution in [-0.4, -0.2) is 60.9 Å². The van der Waals surface area contributed by atoms with Crippen molar-refractivity contribution < 1.29 is 27.1 Å². The summed E-state index contributed by atoms with van der Waals surface area (Å²) in [6.07, 6.45) is 0.622. The van der Waals surface area contributed by atoms with Crippen LogP contribution in [0.2, 0.25) is 0 Å². The number of esters is 1. The zero-order chi connectivity index (χ0) is 25.0. The Hall–Kier alpha value is -3.83. The number of sulfonamides is 1. The van der Waals surface area contributed by atoms with Crippen molar-refractivity contribution in [3.8, 4) is 6.07 Å². The van der Waals surface area contributed by atoms with Crippen LogP contribution < -0.4 is 15.8 Å². The van der Waals surface area contributed by atoms with Gasteiger partial charge in [-0.3, -0.25) is 4.79 Å². The smallest absolute Gasteiger partial charge is 0.328 e. The maximum atomic E-state index is 14.4. The summed E-state index contributed by atoms with van der Waals surface area (Å²) < 4.78 is 42.6. The summed E-state index contributed by atoms with van der Waals surface area (Å²) in [6.45, 7) is 1.62. The number of anilines is 3. The molecule has 0 bridgehead atoms. The van der Waals surface area contributed by atoms with Crippen molar-refractivity contribution >= 4 is 39.4 Å². The molecule has 0 spiro atoms. The summed E-state index contributed by atoms with van der Waals surface area (Å²) >= 11 is 0. The van der Waals surface area contributed by atoms with Crippen molar-refractivity contribution in [2.45, 2.75) is 36.7 Å². The quantitative estimate of drug-likeness (QED) is 0.468. The molecule has 2 atom stereocenters. The van der Waals surface area contributed by atoms with E-state index in [1.165, 1.54) is 18.1 Å². The van der Waals surface area contributed by atoms with E-state index in [0.29, 0.717) is 11.3 Å². The number of hydrogen-bond acceptors (Lipinski definition) is 10. The predicted molar refractivity (Wildman–Crippen MR) is 118 cm³/mol. The molecule has 12 nitrogen and oxygen atoms in total. The third-order valence-corrected chi connectivity index (χ3v) is 6.21. The molecule has 1 amide bonds. The Morgan fingerprint density at radius 2 is 2.15 bits per heavy atom. The standard InChI is InChI=1S/C20H22FN7O5S/c1-11-3-4-12(8-16(11)34(23,31)32)26-20-24-9-14(21)18(27-20)25-13-7-15(19(30)33-2)28(10-13)17(29)5-6-22/h3-4,8-9,13,15H,5,7,10H2,1-2H3,(H2,23,31,32)(H2,24,25,26,27). The molecule has 2 aromatic rings. The van der Waals surface area contributed by atoms with Gasteiger partial charge < -0.3 is 20.3 Å². The SMILES string of the molecule is COC(=O)C1CC(Nc2nc(Nc3ccc(C)c(S(N)(=O)=O)c3)ncc2F)CN1C(=O)CC#N. The minimum absolute atomic E-state index is 0.0299. The number of carbonyl (C=O) groups excluding carboxylic acids is 2. The van der Waals surface area contributed by atoms with E-state index in [2.05, 4.69) is 20.6 Å². The molecule has 2 unspecified atom stereocenters. The van der Waals surface area contributed by atoms with E-state index in [0.717, 1.165) is 6.20 Å². The summed E-state index contributed by atoms with van der Waals surface area (Å²) in [4.78, 5) is 33.4. The summed E-state index contributed by atoms with van der Waals surface area (Å²) in [6, 6.07) is 4.70. The largest absolute Gasteiger partial charge is 0.467 e. The monoisotopic (exact) mass is 491 g/mol. The van der Waals surface area contributed by atoms with Crippen LogP contribution in [0.3, 0.4) is 0 Å². The Bertz CT molecular complexity index is 1260. The van der Waals surface area contributed by atoms with Gasteiger partial charge in [-0.1, -0.05) is 6.07 Å². The van der Waals surface area contributed by atoms with Gasteiger partial charge in [0.05, 0.1) is 24.3 Å². The van der Waals surface area contributed by atoms with E-state index < -0.39 is 46.2 Å². The van der Waals surface area contributed by atoms with Gasteiger partial charge in [-0.25, -0.2) is 27.7 Å². The normalized spacial score (nSPS) is 17.7. The summed E-state index contributed by atoms with van der Waals surface area (Å²) in [5, 5.41) is 19.7. The third-order valence-electron chi connectivity index (χ3n) is 5.16. The number of nitrogens with two attached hydrogens (primary N) is 1. The minimum atomic E-state index is -3.95. The molecule has 1 aliphatic rings. The van der Waals surface area contributed by atoms with Crippen LogP contribution in [0.5, 0.6) is 0 Å². The number of nitrogens with zero attached hydrogens (tertiary/aromatic N) is 4. The number of nitriles is 1. The van der Waals surface area contributed by atoms with Gasteiger partial charge in [0.2, 0.25) is 21.9 Å². The second-order valence-corrected chi connectivity index (χ2v) is 9.07. The highest BCUT2D eigenvalue weighted by molar-refractivity contribution is 7.89. The molecule has 0 aliphatic carbocycles. The molecule has 1 aromatic carbocycles. The van der Waals surface area contributed by atoms with Gasteiger partial charge in [0.25, 0.3) is 0 Å². The number of carbonyl (C=O) groups is 2. The number of nitrogens with one attached hydrogen (secondary N) is 2. The van der Waals surface area contributed by atoms with Gasteiger partial charge in [-0.05, 0) is 24.6 Å². The van der Waals surface area contributed by atoms with Crippen molar-refractivity contribution in [2.75, 3.05) is 24.3 Å². The molecule has 0 saturated carbocycles. The van der Waals surface area contributed by atoms with E-state index >= 15 is 0 Å². The first-order valence-corrected chi connectivity index (χ1v) is 11.5. The van der Waals surface area contributed by atoms with Gasteiger partial charge in [0, 0.05) is 24.7 Å². The average molecular weight is 492 g/mol. The number of aromatic nitrogens is 2. The first-order valence-electron chi connectivity index (χ1n) is 9.97. The number of halogens is 1. The molecular weight excluding hydrogens is 469 g/mol. The number of likely N-dealkylation sites (tertiary alicyclic amines) is 1. The molecular formula is C20H22FN7O5S. The Morgan fingerprint density at radius 1 is 1.41 bits per heavy atom. The first-order chi connectivity index (χ1) is 16.0. The van der Waals surface area contributed by atoms with Crippen LogP contribution in [0.25, 0.3) is 0 Å². The zero-order valence-corrected chi connectivity index (χ0v) is 19.1. The zero-order valence-electron chi connectivity index (χ0n) is 18.3. The second-order valence-electron chi connectivity index (χ2n) is 7.54. The van der Waals surface area contributed by atoms with Crippen LogP contribution in [0.1, 0.15) is 18.4 Å². The Kier molecular flexibility index (Phi) is 7.28. The first kappa shape index (κ1) is 24.8. The number of amides is 1. The molecule has 3 rings (SSSR count). The number of aryl methyl sites for hydroxylation is 1. The lowest BCUT2D eigenvalue weighted by molar-refractivity contribution is -0.150. The lowest BCUT2D eigenvalue weighted by Crippen LogP contribution is -2.41. The molecule has 0 radical (unpaired) electrons. The summed E-state index contributed by atoms with van der Waals surface area (Å²) in [7, 11) is -2.77. The number of primary sulfonamides is 1. The Labute approximate surface area is 195 Å². The Morgan fingerprint density at radius 3 is 2.79 bits per heavy atom. The van der Waals surface area contributed by atoms with Crippen molar-refractivity contribution in [1.29, 1.82) is 5.26 Å². The van der Waals surface area contributed by atoms with Gasteiger partial charge in [-0.15, -0.1) is 0 Å². The van der Waals surface area contributed by atoms with E-state index in [-0.39, 0.29) is 29.6 Å². The fourth-order valence-corrected chi connectivity index (χ4v) is 4.39. The molecule has 1 fully saturated rings. The Balaban J connectivity index is 1.80. The number of benzene rings is 1. The highest BCUT2D eigenvalue weighted by Gasteiger charge is 2.40. The van der Waals surface area contributed by atoms with E-state index in [1.54, 1.807) is 25.1 Å². The summed E-state index contributed by atoms with van der Waals surface area (Å²) in [5.74, 6) is -2.20. The number of hydrogen-bond donors (Lipinski definition) is 3. The van der Waals surface area contributed by atoms with Crippen LogP contribution in [0, 0.1) is 24.1 Å². The highest BCUT2D eigenvalue weighted by Crippen LogP contribution is 2.25. The maximum absolute atomic E-state index is 14.4. The third kappa shape index (κ3) is 5.56. The predicted octanol–water partition coefficient (Wildman–Crippen LogP) is 0.783. The number of rotatable bonds is 7. The van der Waals surface area contributed by atoms with Crippen LogP contribution >= 0.6 is 0 Å². The minimum Gasteiger partial charge on any atom is -0.467 e. The fraction of sp³-hybridized carbons (Fsp3) is 0.350. The van der Waals surface area contributed by atoms with E-state index in [9.17, 15) is 22.4 Å². The molecule has 180 valence electrons. The highest BCUT2D eigenvalue weighted by atomic mass is 32.2. The lowest BCUT2D eigenvalue weighted by atomic mass is 10.1. The van der Waals surface area contributed by atoms with Gasteiger partial charge in [-0.2, -0.15) is 10.2 Å². The van der Waals surface area contributed by atoms with E-state index in [1.807, 2.05) is 0 Å². The van der Waals surface area contributed by atoms with Crippen molar-refractivity contribution in [2.24, 2.45) is 5.14 Å². The molecule has 1 aliphatic heterocycles. The summed E-state index contributed by atoms with van der Waals surface area (Å²) in [5.41, 5.74) is 0.763. The van der Waals surface area contributed by atoms with Gasteiger partial charge in [0.15, 0.2) is 11.6 Å². The molecule has 1 aromatic heterocycles. The van der Waals surface area contributed by atoms with Gasteiger partial charge in [0.1, 0.15) is 12.5 Å². The molecule has 2 heterocycles. The van der Waals surface area contributed by atoms with Crippen LogP contribution in [-0.2, 0) is 24.3 Å². The molecule has 1 saturated heterocycles. The van der Waals surface area contributed by atoms with Crippen molar-refractivity contribution in [3.63, 3.8) is 0 Å². The number of methoxy groups -OCH3 is 1. The van der Waals surface area contributed by atoms with Crippen molar-refractivity contribution in [3.05, 3.63) is 35.8 Å². The van der Waals surface area contributed by atoms with E-state index in [4.69, 9.17) is 15.1 Å². The maximum Gasteiger partial charge on any atom is 0.328 e.